The molecule has 212 valence electrons. The molecule has 1 aliphatic rings. The van der Waals surface area contributed by atoms with Crippen LogP contribution < -0.4 is 4.72 Å². The molecule has 5 rings (SSSR count). The monoisotopic (exact) mass is 572 g/mol. The van der Waals surface area contributed by atoms with Gasteiger partial charge < -0.3 is 14.9 Å². The van der Waals surface area contributed by atoms with Crippen molar-refractivity contribution in [1.82, 2.24) is 19.5 Å². The van der Waals surface area contributed by atoms with Crippen LogP contribution in [0.1, 0.15) is 17.5 Å². The Balaban J connectivity index is 1.30. The molecule has 1 aliphatic heterocycles. The molecule has 2 amide bonds. The Hall–Kier alpha value is -4.28. The molecule has 1 unspecified atom stereocenters. The first kappa shape index (κ1) is 28.3. The van der Waals surface area contributed by atoms with Gasteiger partial charge in [0.2, 0.25) is 21.8 Å². The molecule has 2 N–H and O–H groups in total. The number of hydrogen-bond donors (Lipinski definition) is 2. The molecule has 0 bridgehead atoms. The average Bonchev–Trinajstić information content (AvgIpc) is 3.00. The molecule has 0 spiro atoms. The number of hydrogen-bond acceptors (Lipinski definition) is 6. The summed E-state index contributed by atoms with van der Waals surface area (Å²) in [5.74, 6) is -0.248. The van der Waals surface area contributed by atoms with Crippen LogP contribution in [0, 0.1) is 0 Å². The second-order valence-corrected chi connectivity index (χ2v) is 11.8. The Morgan fingerprint density at radius 3 is 2.29 bits per heavy atom. The van der Waals surface area contributed by atoms with Gasteiger partial charge in [-0.2, -0.15) is 4.72 Å². The Bertz CT molecular complexity index is 1610. The number of fused-ring (bicyclic) bond motifs is 1. The molecule has 1 atom stereocenters. The molecule has 2 heterocycles. The maximum atomic E-state index is 13.8. The second-order valence-electron chi connectivity index (χ2n) is 10.1. The summed E-state index contributed by atoms with van der Waals surface area (Å²) in [5.41, 5.74) is 1.79. The summed E-state index contributed by atoms with van der Waals surface area (Å²) in [5, 5.41) is 10.9. The van der Waals surface area contributed by atoms with E-state index in [0.29, 0.717) is 55.4 Å². The van der Waals surface area contributed by atoms with Crippen LogP contribution in [0.5, 0.6) is 5.75 Å². The van der Waals surface area contributed by atoms with E-state index < -0.39 is 16.1 Å². The highest BCUT2D eigenvalue weighted by Crippen LogP contribution is 2.23. The van der Waals surface area contributed by atoms with Gasteiger partial charge in [0, 0.05) is 55.8 Å². The summed E-state index contributed by atoms with van der Waals surface area (Å²) in [7, 11) is -4.10. The molecular formula is C31H32N4O5S. The fraction of sp³-hybridized carbons (Fsp3) is 0.258. The van der Waals surface area contributed by atoms with Gasteiger partial charge in [0.15, 0.2) is 0 Å². The first-order chi connectivity index (χ1) is 19.8. The number of aromatic hydroxyl groups is 1. The average molecular weight is 573 g/mol. The van der Waals surface area contributed by atoms with Gasteiger partial charge in [0.05, 0.1) is 4.90 Å². The van der Waals surface area contributed by atoms with Gasteiger partial charge >= 0.3 is 0 Å². The van der Waals surface area contributed by atoms with Crippen molar-refractivity contribution in [1.29, 1.82) is 0 Å². The third-order valence-corrected chi connectivity index (χ3v) is 8.85. The van der Waals surface area contributed by atoms with Crippen molar-refractivity contribution in [3.8, 4) is 5.75 Å². The van der Waals surface area contributed by atoms with Gasteiger partial charge in [-0.3, -0.25) is 14.6 Å². The van der Waals surface area contributed by atoms with Crippen molar-refractivity contribution >= 4 is 32.6 Å². The number of amides is 2. The summed E-state index contributed by atoms with van der Waals surface area (Å²) in [6.07, 6.45) is 4.26. The third-order valence-electron chi connectivity index (χ3n) is 7.32. The van der Waals surface area contributed by atoms with Gasteiger partial charge in [0.25, 0.3) is 0 Å². The van der Waals surface area contributed by atoms with Crippen LogP contribution in [0.2, 0.25) is 0 Å². The van der Waals surface area contributed by atoms with Gasteiger partial charge in [-0.1, -0.05) is 54.6 Å². The minimum Gasteiger partial charge on any atom is -0.508 e. The Morgan fingerprint density at radius 1 is 0.854 bits per heavy atom. The number of phenolic OH excluding ortho intramolecular Hbond substituents is 1. The molecule has 0 aliphatic carbocycles. The number of carbonyl (C=O) groups is 2. The van der Waals surface area contributed by atoms with Crippen molar-refractivity contribution < 1.29 is 23.1 Å². The summed E-state index contributed by atoms with van der Waals surface area (Å²) in [6, 6.07) is 21.6. The van der Waals surface area contributed by atoms with Crippen molar-refractivity contribution in [3.05, 3.63) is 102 Å². The van der Waals surface area contributed by atoms with Crippen molar-refractivity contribution in [3.63, 3.8) is 0 Å². The van der Waals surface area contributed by atoms with Crippen LogP contribution in [0.25, 0.3) is 10.8 Å². The molecule has 0 saturated carbocycles. The summed E-state index contributed by atoms with van der Waals surface area (Å²) in [6.45, 7) is 1.38. The van der Waals surface area contributed by atoms with Gasteiger partial charge in [-0.25, -0.2) is 8.42 Å². The molecule has 0 radical (unpaired) electrons. The third kappa shape index (κ3) is 6.90. The van der Waals surface area contributed by atoms with Crippen LogP contribution in [-0.2, 0) is 32.5 Å². The summed E-state index contributed by atoms with van der Waals surface area (Å²) in [4.78, 5) is 34.1. The number of benzene rings is 3. The largest absolute Gasteiger partial charge is 0.508 e. The zero-order valence-electron chi connectivity index (χ0n) is 22.5. The minimum atomic E-state index is -4.10. The number of nitrogens with one attached hydrogen (secondary N) is 1. The molecule has 4 aromatic rings. The number of nitrogens with zero attached hydrogens (tertiary/aromatic N) is 3. The predicted molar refractivity (Wildman–Crippen MR) is 156 cm³/mol. The lowest BCUT2D eigenvalue weighted by Crippen LogP contribution is -2.56. The van der Waals surface area contributed by atoms with Crippen molar-refractivity contribution in [2.75, 3.05) is 26.2 Å². The highest BCUT2D eigenvalue weighted by atomic mass is 32.2. The predicted octanol–water partition coefficient (Wildman–Crippen LogP) is 3.13. The first-order valence-corrected chi connectivity index (χ1v) is 15.0. The lowest BCUT2D eigenvalue weighted by Gasteiger charge is -2.36. The topological polar surface area (TPSA) is 120 Å². The highest BCUT2D eigenvalue weighted by molar-refractivity contribution is 7.89. The SMILES string of the molecule is O=C(CCc1ccccc1)N1CCN(C(=O)C(Cc2ccc(O)cc2)NS(=O)(=O)c2cccc3cnccc23)CC1. The number of pyridine rings is 1. The fourth-order valence-corrected chi connectivity index (χ4v) is 6.49. The van der Waals surface area contributed by atoms with E-state index in [-0.39, 0.29) is 28.9 Å². The lowest BCUT2D eigenvalue weighted by molar-refractivity contribution is -0.140. The Labute approximate surface area is 239 Å². The Kier molecular flexibility index (Phi) is 8.61. The second kappa shape index (κ2) is 12.5. The van der Waals surface area contributed by atoms with Crippen LogP contribution in [0.4, 0.5) is 0 Å². The number of phenols is 1. The molecule has 41 heavy (non-hydrogen) atoms. The molecular weight excluding hydrogens is 540 g/mol. The number of carbonyl (C=O) groups excluding carboxylic acids is 2. The molecule has 1 fully saturated rings. The molecule has 10 heteroatoms. The van der Waals surface area contributed by atoms with Crippen molar-refractivity contribution in [2.24, 2.45) is 0 Å². The molecule has 3 aromatic carbocycles. The standard InChI is InChI=1S/C31H32N4O5S/c36-26-12-9-24(10-13-26)21-28(33-41(39,40)29-8-4-7-25-22-32-16-15-27(25)29)31(38)35-19-17-34(18-20-35)30(37)14-11-23-5-2-1-3-6-23/h1-10,12-13,15-16,22,28,33,36H,11,14,17-21H2. The van der Waals surface area contributed by atoms with E-state index in [1.54, 1.807) is 46.3 Å². The molecule has 1 saturated heterocycles. The lowest BCUT2D eigenvalue weighted by atomic mass is 10.0. The maximum absolute atomic E-state index is 13.8. The maximum Gasteiger partial charge on any atom is 0.241 e. The van der Waals surface area contributed by atoms with E-state index in [1.807, 2.05) is 30.3 Å². The van der Waals surface area contributed by atoms with E-state index in [0.717, 1.165) is 5.56 Å². The Morgan fingerprint density at radius 2 is 1.56 bits per heavy atom. The number of sulfonamides is 1. The number of rotatable bonds is 9. The van der Waals surface area contributed by atoms with Gasteiger partial charge in [-0.05, 0) is 48.2 Å². The van der Waals surface area contributed by atoms with E-state index in [1.165, 1.54) is 24.4 Å². The van der Waals surface area contributed by atoms with Crippen LogP contribution >= 0.6 is 0 Å². The number of piperazine rings is 1. The normalized spacial score (nSPS) is 14.6. The van der Waals surface area contributed by atoms with Gasteiger partial charge in [0.1, 0.15) is 11.8 Å². The number of aromatic nitrogens is 1. The van der Waals surface area contributed by atoms with E-state index in [4.69, 9.17) is 0 Å². The van der Waals surface area contributed by atoms with Crippen LogP contribution in [-0.4, -0.2) is 72.3 Å². The minimum absolute atomic E-state index is 0.0349. The van der Waals surface area contributed by atoms with E-state index in [9.17, 15) is 23.1 Å². The van der Waals surface area contributed by atoms with E-state index >= 15 is 0 Å². The summed E-state index contributed by atoms with van der Waals surface area (Å²) < 4.78 is 29.9. The zero-order chi connectivity index (χ0) is 28.8. The number of aryl methyl sites for hydroxylation is 1. The van der Waals surface area contributed by atoms with Crippen LogP contribution in [0.15, 0.2) is 96.2 Å². The fourth-order valence-electron chi connectivity index (χ4n) is 5.08. The first-order valence-electron chi connectivity index (χ1n) is 13.5. The smallest absolute Gasteiger partial charge is 0.241 e. The highest BCUT2D eigenvalue weighted by Gasteiger charge is 2.32. The quantitative estimate of drug-likeness (QED) is 0.318. The molecule has 9 nitrogen and oxygen atoms in total. The van der Waals surface area contributed by atoms with Gasteiger partial charge in [-0.15, -0.1) is 0 Å². The molecule has 1 aromatic heterocycles. The zero-order valence-corrected chi connectivity index (χ0v) is 23.3. The summed E-state index contributed by atoms with van der Waals surface area (Å²) >= 11 is 0. The van der Waals surface area contributed by atoms with E-state index in [2.05, 4.69) is 9.71 Å². The van der Waals surface area contributed by atoms with Crippen molar-refractivity contribution in [2.45, 2.75) is 30.2 Å². The van der Waals surface area contributed by atoms with Crippen LogP contribution in [0.3, 0.4) is 0 Å².